The quantitative estimate of drug-likeness (QED) is 0.522. The molecule has 8 nitrogen and oxygen atoms in total. The van der Waals surface area contributed by atoms with E-state index in [0.717, 1.165) is 16.0 Å². The summed E-state index contributed by atoms with van der Waals surface area (Å²) in [6.45, 7) is 3.73. The van der Waals surface area contributed by atoms with Crippen LogP contribution < -0.4 is 15.5 Å². The molecule has 0 saturated heterocycles. The molecular weight excluding hydrogens is 492 g/mol. The zero-order valence-electron chi connectivity index (χ0n) is 20.6. The third-order valence-electron chi connectivity index (χ3n) is 5.97. The monoisotopic (exact) mass is 519 g/mol. The largest absolute Gasteiger partial charge is 0.506 e. The number of hydrogen-bond donors (Lipinski definition) is 2. The van der Waals surface area contributed by atoms with E-state index in [1.54, 1.807) is 60.7 Å². The van der Waals surface area contributed by atoms with Crippen molar-refractivity contribution in [1.29, 1.82) is 0 Å². The van der Waals surface area contributed by atoms with Gasteiger partial charge in [-0.15, -0.1) is 4.90 Å². The average molecular weight is 520 g/mol. The van der Waals surface area contributed by atoms with E-state index in [0.29, 0.717) is 16.4 Å². The Kier molecular flexibility index (Phi) is 7.98. The molecule has 37 heavy (non-hydrogen) atoms. The van der Waals surface area contributed by atoms with Gasteiger partial charge in [-0.05, 0) is 49.2 Å². The Balaban J connectivity index is 1.54. The van der Waals surface area contributed by atoms with Crippen LogP contribution in [0.5, 0.6) is 0 Å². The van der Waals surface area contributed by atoms with Crippen LogP contribution in [0.4, 0.5) is 10.5 Å². The first-order chi connectivity index (χ1) is 17.7. The minimum absolute atomic E-state index is 0.0336. The van der Waals surface area contributed by atoms with Crippen LogP contribution in [0, 0.1) is 5.92 Å². The number of nitrogens with zero attached hydrogens (tertiary/aromatic N) is 2. The number of hydrogen-bond acceptors (Lipinski definition) is 4. The lowest BCUT2D eigenvalue weighted by atomic mass is 9.94. The van der Waals surface area contributed by atoms with Crippen LogP contribution >= 0.6 is 11.6 Å². The lowest BCUT2D eigenvalue weighted by Crippen LogP contribution is -2.56. The van der Waals surface area contributed by atoms with Crippen molar-refractivity contribution in [3.63, 3.8) is 0 Å². The fourth-order valence-corrected chi connectivity index (χ4v) is 4.42. The minimum atomic E-state index is -0.699. The fourth-order valence-electron chi connectivity index (χ4n) is 4.22. The predicted molar refractivity (Wildman–Crippen MR) is 142 cm³/mol. The summed E-state index contributed by atoms with van der Waals surface area (Å²) in [5.74, 6) is -1.60. The minimum Gasteiger partial charge on any atom is -0.354 e. The highest BCUT2D eigenvalue weighted by Gasteiger charge is 2.48. The Hall–Kier alpha value is -4.04. The molecule has 2 aromatic rings. The summed E-state index contributed by atoms with van der Waals surface area (Å²) < 4.78 is 1.32. The number of fused-ring (bicyclic) bond motifs is 1. The molecule has 0 bridgehead atoms. The van der Waals surface area contributed by atoms with Gasteiger partial charge in [0.1, 0.15) is 17.3 Å². The van der Waals surface area contributed by atoms with Gasteiger partial charge in [-0.3, -0.25) is 9.59 Å². The van der Waals surface area contributed by atoms with E-state index in [-0.39, 0.29) is 37.4 Å². The summed E-state index contributed by atoms with van der Waals surface area (Å²) in [6, 6.07) is 13.3. The molecule has 1 unspecified atom stereocenters. The predicted octanol–water partition coefficient (Wildman–Crippen LogP) is 3.39. The van der Waals surface area contributed by atoms with E-state index in [2.05, 4.69) is 10.6 Å². The maximum absolute atomic E-state index is 13.5. The van der Waals surface area contributed by atoms with Crippen molar-refractivity contribution in [3.05, 3.63) is 89.0 Å². The summed E-state index contributed by atoms with van der Waals surface area (Å²) in [6.07, 6.45) is 7.04. The van der Waals surface area contributed by atoms with E-state index < -0.39 is 17.9 Å². The molecule has 0 saturated carbocycles. The molecule has 2 N–H and O–H groups in total. The van der Waals surface area contributed by atoms with Gasteiger partial charge >= 0.3 is 11.9 Å². The Morgan fingerprint density at radius 3 is 2.46 bits per heavy atom. The zero-order chi connectivity index (χ0) is 26.5. The van der Waals surface area contributed by atoms with Crippen molar-refractivity contribution in [2.45, 2.75) is 32.9 Å². The van der Waals surface area contributed by atoms with Crippen LogP contribution in [0.25, 0.3) is 0 Å². The van der Waals surface area contributed by atoms with Crippen LogP contribution in [-0.4, -0.2) is 46.6 Å². The highest BCUT2D eigenvalue weighted by molar-refractivity contribution is 6.31. The number of nitrogens with one attached hydrogen (secondary N) is 2. The molecule has 0 aromatic heterocycles. The van der Waals surface area contributed by atoms with Gasteiger partial charge in [0.05, 0.1) is 6.42 Å². The Morgan fingerprint density at radius 1 is 1.03 bits per heavy atom. The van der Waals surface area contributed by atoms with Crippen molar-refractivity contribution in [2.75, 3.05) is 11.4 Å². The molecule has 0 radical (unpaired) electrons. The summed E-state index contributed by atoms with van der Waals surface area (Å²) in [5, 5.41) is 6.17. The second-order valence-electron chi connectivity index (χ2n) is 9.12. The summed E-state index contributed by atoms with van der Waals surface area (Å²) in [4.78, 5) is 52.8. The lowest BCUT2D eigenvalue weighted by Gasteiger charge is -2.26. The first-order valence-electron chi connectivity index (χ1n) is 12.0. The van der Waals surface area contributed by atoms with Crippen LogP contribution in [0.1, 0.15) is 25.0 Å². The number of halogens is 1. The second-order valence-corrected chi connectivity index (χ2v) is 9.53. The van der Waals surface area contributed by atoms with Gasteiger partial charge < -0.3 is 10.6 Å². The van der Waals surface area contributed by atoms with Crippen molar-refractivity contribution in [2.24, 2.45) is 5.92 Å². The fraction of sp³-hybridized carbons (Fsp3) is 0.250. The number of allylic oxidation sites excluding steroid dienone is 3. The number of amides is 5. The van der Waals surface area contributed by atoms with Gasteiger partial charge in [0, 0.05) is 17.6 Å². The normalized spacial score (nSPS) is 16.8. The number of carbonyl (C=O) groups excluding carboxylic acids is 4. The number of carbonyl (C=O) groups is 4. The molecule has 4 rings (SSSR count). The Labute approximate surface area is 220 Å². The van der Waals surface area contributed by atoms with E-state index in [1.807, 2.05) is 26.0 Å². The number of urea groups is 1. The SMILES string of the molecule is CC(C)NC(=O)Cc1ccc(N2C(=O)C3C=CC=CC3=[N+](CC(=O)NCc3ccccc3Cl)C2=O)cc1. The third-order valence-corrected chi connectivity index (χ3v) is 6.33. The van der Waals surface area contributed by atoms with E-state index >= 15 is 0 Å². The molecule has 1 aliphatic heterocycles. The average Bonchev–Trinajstić information content (AvgIpc) is 2.86. The molecule has 1 aliphatic carbocycles. The van der Waals surface area contributed by atoms with Crippen molar-refractivity contribution in [1.82, 2.24) is 10.6 Å². The topological polar surface area (TPSA) is 98.6 Å². The molecular formula is C28H28ClN4O4+. The molecule has 2 aromatic carbocycles. The number of rotatable bonds is 8. The highest BCUT2D eigenvalue weighted by atomic mass is 35.5. The molecule has 2 aliphatic rings. The van der Waals surface area contributed by atoms with Crippen LogP contribution in [0.15, 0.2) is 72.8 Å². The molecule has 9 heteroatoms. The molecule has 5 amide bonds. The zero-order valence-corrected chi connectivity index (χ0v) is 21.4. The lowest BCUT2D eigenvalue weighted by molar-refractivity contribution is -0.417. The van der Waals surface area contributed by atoms with Crippen LogP contribution in [-0.2, 0) is 27.3 Å². The van der Waals surface area contributed by atoms with E-state index in [1.165, 1.54) is 4.58 Å². The van der Waals surface area contributed by atoms with E-state index in [9.17, 15) is 19.2 Å². The maximum atomic E-state index is 13.5. The van der Waals surface area contributed by atoms with E-state index in [4.69, 9.17) is 11.6 Å². The first kappa shape index (κ1) is 26.0. The molecule has 0 fully saturated rings. The summed E-state index contributed by atoms with van der Waals surface area (Å²) in [7, 11) is 0. The molecule has 1 heterocycles. The molecule has 190 valence electrons. The summed E-state index contributed by atoms with van der Waals surface area (Å²) >= 11 is 6.17. The summed E-state index contributed by atoms with van der Waals surface area (Å²) in [5.41, 5.74) is 2.32. The standard InChI is InChI=1S/C28H27ClN4O4/c1-18(2)31-25(34)15-19-11-13-21(14-12-19)33-27(36)22-8-4-6-10-24(22)32(28(33)37)17-26(35)30-16-20-7-3-5-9-23(20)29/h3-14,18,22H,15-17H2,1-2H3,(H-,30,31,34,35)/p+1. The molecule has 1 atom stereocenters. The van der Waals surface area contributed by atoms with Gasteiger partial charge in [-0.1, -0.05) is 60.2 Å². The van der Waals surface area contributed by atoms with Gasteiger partial charge in [0.15, 0.2) is 6.54 Å². The Bertz CT molecular complexity index is 1330. The Morgan fingerprint density at radius 2 is 1.76 bits per heavy atom. The van der Waals surface area contributed by atoms with Gasteiger partial charge in [0.2, 0.25) is 5.91 Å². The van der Waals surface area contributed by atoms with Crippen LogP contribution in [0.3, 0.4) is 0 Å². The number of benzene rings is 2. The van der Waals surface area contributed by atoms with Gasteiger partial charge in [-0.2, -0.15) is 9.37 Å². The second kappa shape index (κ2) is 11.3. The maximum Gasteiger partial charge on any atom is 0.506 e. The van der Waals surface area contributed by atoms with Crippen molar-refractivity contribution in [3.8, 4) is 0 Å². The van der Waals surface area contributed by atoms with Gasteiger partial charge in [-0.25, -0.2) is 4.79 Å². The first-order valence-corrected chi connectivity index (χ1v) is 12.4. The smallest absolute Gasteiger partial charge is 0.354 e. The third kappa shape index (κ3) is 6.03. The number of anilines is 1. The van der Waals surface area contributed by atoms with Crippen LogP contribution in [0.2, 0.25) is 5.02 Å². The van der Waals surface area contributed by atoms with Gasteiger partial charge in [0.25, 0.3) is 5.91 Å². The highest BCUT2D eigenvalue weighted by Crippen LogP contribution is 2.26. The van der Waals surface area contributed by atoms with Crippen molar-refractivity contribution >= 4 is 46.8 Å². The molecule has 0 spiro atoms. The number of imide groups is 1. The van der Waals surface area contributed by atoms with Crippen molar-refractivity contribution < 1.29 is 23.8 Å².